The fourth-order valence-electron chi connectivity index (χ4n) is 5.23. The molecule has 8 nitrogen and oxygen atoms in total. The Bertz CT molecular complexity index is 1450. The number of likely N-dealkylation sites (N-methyl/N-ethyl adjacent to an activating group) is 1. The van der Waals surface area contributed by atoms with E-state index < -0.39 is 0 Å². The summed E-state index contributed by atoms with van der Waals surface area (Å²) < 4.78 is 5.63. The van der Waals surface area contributed by atoms with E-state index in [1.165, 1.54) is 17.5 Å². The van der Waals surface area contributed by atoms with Gasteiger partial charge in [0.25, 0.3) is 5.56 Å². The van der Waals surface area contributed by atoms with Gasteiger partial charge in [-0.3, -0.25) is 9.48 Å². The molecule has 0 amide bonds. The van der Waals surface area contributed by atoms with Crippen LogP contribution >= 0.6 is 0 Å². The highest BCUT2D eigenvalue weighted by molar-refractivity contribution is 5.79. The number of aromatic nitrogens is 5. The summed E-state index contributed by atoms with van der Waals surface area (Å²) in [7, 11) is 4.32. The van der Waals surface area contributed by atoms with Crippen molar-refractivity contribution in [3.05, 3.63) is 64.1 Å². The molecule has 1 N–H and O–H groups in total. The predicted molar refractivity (Wildman–Crippen MR) is 139 cm³/mol. The smallest absolute Gasteiger partial charge is 0.276 e. The van der Waals surface area contributed by atoms with Gasteiger partial charge in [-0.25, -0.2) is 14.3 Å². The van der Waals surface area contributed by atoms with Crippen LogP contribution in [0.5, 0.6) is 0 Å². The molecule has 6 rings (SSSR count). The molecule has 1 saturated carbocycles. The lowest BCUT2D eigenvalue weighted by Gasteiger charge is -2.30. The average Bonchev–Trinajstić information content (AvgIpc) is 3.50. The van der Waals surface area contributed by atoms with Crippen molar-refractivity contribution in [3.63, 3.8) is 0 Å². The quantitative estimate of drug-likeness (QED) is 0.449. The van der Waals surface area contributed by atoms with Gasteiger partial charge in [0.15, 0.2) is 11.5 Å². The first kappa shape index (κ1) is 22.1. The van der Waals surface area contributed by atoms with Gasteiger partial charge in [0.2, 0.25) is 0 Å². The standard InChI is InChI=1S/C27H33N7O/c1-17(2)33-27(35)23-11-12-24(29-26(23)34(33)25-13-14-32(30-25)21-9-10-21)28-20-7-5-18-6-8-22(31(3)4)16-19(18)15-20/h5,7,11-15,17,21-22H,6,8-10,16H2,1-4H3,(H,28,29). The molecule has 4 aromatic rings. The van der Waals surface area contributed by atoms with E-state index >= 15 is 0 Å². The molecule has 182 valence electrons. The van der Waals surface area contributed by atoms with E-state index in [2.05, 4.69) is 42.5 Å². The zero-order valence-electron chi connectivity index (χ0n) is 20.9. The third-order valence-corrected chi connectivity index (χ3v) is 7.36. The first-order valence-corrected chi connectivity index (χ1v) is 12.6. The Morgan fingerprint density at radius 1 is 1.06 bits per heavy atom. The SMILES string of the molecule is CC(C)n1c(=O)c2ccc(Nc3ccc4c(c3)CC(N(C)C)CC4)nc2n1-c1ccn(C2CC2)n1. The highest BCUT2D eigenvalue weighted by Crippen LogP contribution is 2.34. The van der Waals surface area contributed by atoms with Crippen LogP contribution in [-0.4, -0.2) is 49.2 Å². The van der Waals surface area contributed by atoms with Crippen LogP contribution in [-0.2, 0) is 12.8 Å². The van der Waals surface area contributed by atoms with Gasteiger partial charge in [0, 0.05) is 30.0 Å². The highest BCUT2D eigenvalue weighted by Gasteiger charge is 2.26. The van der Waals surface area contributed by atoms with Gasteiger partial charge in [0.05, 0.1) is 11.4 Å². The normalized spacial score (nSPS) is 17.9. The minimum atomic E-state index is -0.0430. The summed E-state index contributed by atoms with van der Waals surface area (Å²) in [6.07, 6.45) is 7.70. The van der Waals surface area contributed by atoms with Crippen molar-refractivity contribution in [2.45, 2.75) is 64.1 Å². The summed E-state index contributed by atoms with van der Waals surface area (Å²) in [5.41, 5.74) is 4.43. The number of anilines is 2. The molecule has 3 heterocycles. The van der Waals surface area contributed by atoms with Crippen LogP contribution in [0.15, 0.2) is 47.4 Å². The first-order chi connectivity index (χ1) is 16.9. The molecule has 0 bridgehead atoms. The Labute approximate surface area is 205 Å². The van der Waals surface area contributed by atoms with Gasteiger partial charge in [-0.05, 0) is 95.4 Å². The monoisotopic (exact) mass is 471 g/mol. The molecule has 2 aliphatic rings. The third-order valence-electron chi connectivity index (χ3n) is 7.36. The summed E-state index contributed by atoms with van der Waals surface area (Å²) in [5, 5.41) is 8.87. The van der Waals surface area contributed by atoms with Crippen molar-refractivity contribution < 1.29 is 0 Å². The van der Waals surface area contributed by atoms with Gasteiger partial charge in [0.1, 0.15) is 5.82 Å². The summed E-state index contributed by atoms with van der Waals surface area (Å²) in [6.45, 7) is 4.03. The molecule has 1 fully saturated rings. The van der Waals surface area contributed by atoms with E-state index in [1.807, 2.05) is 47.6 Å². The topological polar surface area (TPSA) is 72.9 Å². The van der Waals surface area contributed by atoms with E-state index in [-0.39, 0.29) is 11.6 Å². The van der Waals surface area contributed by atoms with Gasteiger partial charge in [-0.2, -0.15) is 5.10 Å². The maximum Gasteiger partial charge on any atom is 0.276 e. The van der Waals surface area contributed by atoms with Crippen molar-refractivity contribution in [2.24, 2.45) is 0 Å². The van der Waals surface area contributed by atoms with E-state index in [9.17, 15) is 4.79 Å². The molecule has 8 heteroatoms. The van der Waals surface area contributed by atoms with Crippen LogP contribution in [0.25, 0.3) is 16.9 Å². The summed E-state index contributed by atoms with van der Waals surface area (Å²) >= 11 is 0. The van der Waals surface area contributed by atoms with Gasteiger partial charge >= 0.3 is 0 Å². The molecule has 2 aliphatic carbocycles. The Kier molecular flexibility index (Phi) is 5.29. The van der Waals surface area contributed by atoms with Crippen LogP contribution in [0, 0.1) is 0 Å². The van der Waals surface area contributed by atoms with E-state index in [0.29, 0.717) is 28.9 Å². The summed E-state index contributed by atoms with van der Waals surface area (Å²) in [6, 6.07) is 13.4. The van der Waals surface area contributed by atoms with E-state index in [1.54, 1.807) is 4.68 Å². The van der Waals surface area contributed by atoms with Crippen molar-refractivity contribution in [2.75, 3.05) is 19.4 Å². The molecular formula is C27H33N7O. The van der Waals surface area contributed by atoms with Crippen molar-refractivity contribution in [1.82, 2.24) is 29.0 Å². The largest absolute Gasteiger partial charge is 0.340 e. The Morgan fingerprint density at radius 2 is 1.89 bits per heavy atom. The first-order valence-electron chi connectivity index (χ1n) is 12.6. The number of pyridine rings is 1. The Hall–Kier alpha value is -3.39. The van der Waals surface area contributed by atoms with Crippen LogP contribution in [0.1, 0.15) is 56.3 Å². The molecule has 0 radical (unpaired) electrons. The van der Waals surface area contributed by atoms with Crippen LogP contribution < -0.4 is 10.9 Å². The summed E-state index contributed by atoms with van der Waals surface area (Å²) in [4.78, 5) is 20.5. The molecule has 3 aromatic heterocycles. The molecule has 1 atom stereocenters. The lowest BCUT2D eigenvalue weighted by Crippen LogP contribution is -2.33. The van der Waals surface area contributed by atoms with E-state index in [0.717, 1.165) is 37.2 Å². The molecule has 0 aliphatic heterocycles. The van der Waals surface area contributed by atoms with Crippen LogP contribution in [0.2, 0.25) is 0 Å². The number of nitrogens with one attached hydrogen (secondary N) is 1. The molecule has 0 saturated heterocycles. The van der Waals surface area contributed by atoms with Gasteiger partial charge in [-0.15, -0.1) is 0 Å². The minimum Gasteiger partial charge on any atom is -0.340 e. The van der Waals surface area contributed by atoms with Crippen molar-refractivity contribution >= 4 is 22.5 Å². The number of aryl methyl sites for hydroxylation is 1. The number of nitrogens with zero attached hydrogens (tertiary/aromatic N) is 6. The maximum atomic E-state index is 13.3. The second-order valence-electron chi connectivity index (χ2n) is 10.5. The minimum absolute atomic E-state index is 0.0236. The zero-order valence-corrected chi connectivity index (χ0v) is 20.9. The summed E-state index contributed by atoms with van der Waals surface area (Å²) in [5.74, 6) is 1.44. The lowest BCUT2D eigenvalue weighted by atomic mass is 9.87. The fourth-order valence-corrected chi connectivity index (χ4v) is 5.23. The average molecular weight is 472 g/mol. The number of fused-ring (bicyclic) bond motifs is 2. The van der Waals surface area contributed by atoms with Crippen LogP contribution in [0.3, 0.4) is 0 Å². The number of benzene rings is 1. The molecule has 0 spiro atoms. The number of hydrogen-bond acceptors (Lipinski definition) is 5. The third kappa shape index (κ3) is 3.95. The second-order valence-corrected chi connectivity index (χ2v) is 10.5. The maximum absolute atomic E-state index is 13.3. The predicted octanol–water partition coefficient (Wildman–Crippen LogP) is 4.46. The molecular weight excluding hydrogens is 438 g/mol. The second kappa shape index (κ2) is 8.37. The van der Waals surface area contributed by atoms with Crippen molar-refractivity contribution in [3.8, 4) is 5.82 Å². The molecule has 35 heavy (non-hydrogen) atoms. The van der Waals surface area contributed by atoms with Crippen LogP contribution in [0.4, 0.5) is 11.5 Å². The zero-order chi connectivity index (χ0) is 24.3. The van der Waals surface area contributed by atoms with Gasteiger partial charge in [-0.1, -0.05) is 6.07 Å². The molecule has 1 aromatic carbocycles. The van der Waals surface area contributed by atoms with Gasteiger partial charge < -0.3 is 10.2 Å². The van der Waals surface area contributed by atoms with Crippen molar-refractivity contribution in [1.29, 1.82) is 0 Å². The van der Waals surface area contributed by atoms with E-state index in [4.69, 9.17) is 10.1 Å². The number of rotatable bonds is 6. The Balaban J connectivity index is 1.38. The lowest BCUT2D eigenvalue weighted by molar-refractivity contribution is 0.268. The fraction of sp³-hybridized carbons (Fsp3) is 0.444. The highest BCUT2D eigenvalue weighted by atomic mass is 16.1. The number of hydrogen-bond donors (Lipinski definition) is 1. The molecule has 1 unspecified atom stereocenters. The Morgan fingerprint density at radius 3 is 2.63 bits per heavy atom.